The van der Waals surface area contributed by atoms with E-state index in [1.165, 1.54) is 30.7 Å². The van der Waals surface area contributed by atoms with Crippen LogP contribution in [0.15, 0.2) is 30.7 Å². The Hall–Kier alpha value is -2.37. The van der Waals surface area contributed by atoms with Gasteiger partial charge in [-0.2, -0.15) is 0 Å². The zero-order chi connectivity index (χ0) is 11.5. The summed E-state index contributed by atoms with van der Waals surface area (Å²) in [6.07, 6.45) is 2.71. The molecule has 1 aromatic heterocycles. The highest BCUT2D eigenvalue weighted by molar-refractivity contribution is 6.02. The number of aromatic nitrogens is 2. The van der Waals surface area contributed by atoms with Crippen LogP contribution >= 0.6 is 0 Å². The van der Waals surface area contributed by atoms with Gasteiger partial charge in [0.1, 0.15) is 11.5 Å². The summed E-state index contributed by atoms with van der Waals surface area (Å²) in [7, 11) is 0. The highest BCUT2D eigenvalue weighted by atomic mass is 19.1. The smallest absolute Gasteiger partial charge is 0.273 e. The summed E-state index contributed by atoms with van der Waals surface area (Å²) >= 11 is 0. The van der Waals surface area contributed by atoms with Gasteiger partial charge >= 0.3 is 0 Å². The first kappa shape index (κ1) is 10.2. The van der Waals surface area contributed by atoms with E-state index in [1.54, 1.807) is 0 Å². The molecule has 82 valence electrons. The van der Waals surface area contributed by atoms with Crippen LogP contribution in [-0.2, 0) is 0 Å². The van der Waals surface area contributed by atoms with E-state index in [0.29, 0.717) is 5.69 Å². The number of amides is 1. The van der Waals surface area contributed by atoms with Gasteiger partial charge in [-0.05, 0) is 18.2 Å². The van der Waals surface area contributed by atoms with E-state index in [4.69, 9.17) is 5.73 Å². The Morgan fingerprint density at radius 2 is 2.31 bits per heavy atom. The molecule has 4 N–H and O–H groups in total. The lowest BCUT2D eigenvalue weighted by molar-refractivity contribution is 0.102. The molecule has 1 amide bonds. The molecule has 1 heterocycles. The Balaban J connectivity index is 2.21. The number of carbonyl (C=O) groups excluding carboxylic acids is 1. The van der Waals surface area contributed by atoms with Crippen molar-refractivity contribution in [1.82, 2.24) is 9.97 Å². The SMILES string of the molecule is Nc1ccc(F)c(NC(=O)c2cnc[nH]2)c1. The van der Waals surface area contributed by atoms with Gasteiger partial charge in [-0.1, -0.05) is 0 Å². The number of hydrogen-bond acceptors (Lipinski definition) is 3. The molecule has 5 nitrogen and oxygen atoms in total. The predicted molar refractivity (Wildman–Crippen MR) is 57.4 cm³/mol. The fraction of sp³-hybridized carbons (Fsp3) is 0. The molecule has 0 aliphatic rings. The minimum Gasteiger partial charge on any atom is -0.399 e. The number of rotatable bonds is 2. The molecule has 0 radical (unpaired) electrons. The lowest BCUT2D eigenvalue weighted by Crippen LogP contribution is -2.13. The van der Waals surface area contributed by atoms with Crippen LogP contribution in [0.1, 0.15) is 10.5 Å². The molecule has 0 aliphatic carbocycles. The minimum absolute atomic E-state index is 0.0413. The fourth-order valence-electron chi connectivity index (χ4n) is 1.21. The number of imidazole rings is 1. The first-order chi connectivity index (χ1) is 7.66. The molecule has 2 rings (SSSR count). The molecule has 0 aliphatic heterocycles. The monoisotopic (exact) mass is 220 g/mol. The van der Waals surface area contributed by atoms with Crippen LogP contribution < -0.4 is 11.1 Å². The highest BCUT2D eigenvalue weighted by Gasteiger charge is 2.10. The molecule has 0 unspecified atom stereocenters. The van der Waals surface area contributed by atoms with Crippen molar-refractivity contribution >= 4 is 17.3 Å². The van der Waals surface area contributed by atoms with Crippen molar-refractivity contribution in [2.75, 3.05) is 11.1 Å². The van der Waals surface area contributed by atoms with Gasteiger partial charge in [0.15, 0.2) is 0 Å². The number of H-pyrrole nitrogens is 1. The molecule has 0 fully saturated rings. The molecular formula is C10H9FN4O. The van der Waals surface area contributed by atoms with E-state index in [2.05, 4.69) is 15.3 Å². The van der Waals surface area contributed by atoms with E-state index in [-0.39, 0.29) is 11.4 Å². The number of nitrogens with zero attached hydrogens (tertiary/aromatic N) is 1. The van der Waals surface area contributed by atoms with Crippen molar-refractivity contribution in [3.05, 3.63) is 42.2 Å². The van der Waals surface area contributed by atoms with Gasteiger partial charge in [0.2, 0.25) is 0 Å². The Kier molecular flexibility index (Phi) is 2.55. The molecule has 0 bridgehead atoms. The summed E-state index contributed by atoms with van der Waals surface area (Å²) in [5.41, 5.74) is 6.15. The second kappa shape index (κ2) is 4.01. The Morgan fingerprint density at radius 3 is 3.00 bits per heavy atom. The molecule has 1 aromatic carbocycles. The number of nitrogen functional groups attached to an aromatic ring is 1. The second-order valence-electron chi connectivity index (χ2n) is 3.16. The van der Waals surface area contributed by atoms with Gasteiger partial charge < -0.3 is 16.0 Å². The van der Waals surface area contributed by atoms with Crippen LogP contribution in [0.3, 0.4) is 0 Å². The van der Waals surface area contributed by atoms with Crippen LogP contribution in [0.4, 0.5) is 15.8 Å². The fourth-order valence-corrected chi connectivity index (χ4v) is 1.21. The number of hydrogen-bond donors (Lipinski definition) is 3. The van der Waals surface area contributed by atoms with E-state index in [0.717, 1.165) is 0 Å². The third-order valence-electron chi connectivity index (χ3n) is 1.98. The van der Waals surface area contributed by atoms with Crippen molar-refractivity contribution in [2.24, 2.45) is 0 Å². The lowest BCUT2D eigenvalue weighted by Gasteiger charge is -2.05. The summed E-state index contributed by atoms with van der Waals surface area (Å²) < 4.78 is 13.3. The van der Waals surface area contributed by atoms with Crippen molar-refractivity contribution in [1.29, 1.82) is 0 Å². The number of halogens is 1. The topological polar surface area (TPSA) is 83.8 Å². The Labute approximate surface area is 90.5 Å². The van der Waals surface area contributed by atoms with Gasteiger partial charge in [-0.3, -0.25) is 4.79 Å². The van der Waals surface area contributed by atoms with Crippen LogP contribution in [0.5, 0.6) is 0 Å². The third-order valence-corrected chi connectivity index (χ3v) is 1.98. The van der Waals surface area contributed by atoms with E-state index in [1.807, 2.05) is 0 Å². The van der Waals surface area contributed by atoms with Gasteiger partial charge in [0.25, 0.3) is 5.91 Å². The number of benzene rings is 1. The molecule has 2 aromatic rings. The number of anilines is 2. The van der Waals surface area contributed by atoms with Crippen molar-refractivity contribution in [2.45, 2.75) is 0 Å². The zero-order valence-corrected chi connectivity index (χ0v) is 8.20. The highest BCUT2D eigenvalue weighted by Crippen LogP contribution is 2.17. The Morgan fingerprint density at radius 1 is 1.50 bits per heavy atom. The van der Waals surface area contributed by atoms with Gasteiger partial charge in [0, 0.05) is 5.69 Å². The quantitative estimate of drug-likeness (QED) is 0.668. The molecule has 0 atom stereocenters. The average Bonchev–Trinajstić information content (AvgIpc) is 2.76. The van der Waals surface area contributed by atoms with Crippen LogP contribution in [0, 0.1) is 5.82 Å². The van der Waals surface area contributed by atoms with E-state index in [9.17, 15) is 9.18 Å². The first-order valence-electron chi connectivity index (χ1n) is 4.51. The standard InChI is InChI=1S/C10H9FN4O/c11-7-2-1-6(12)3-8(7)15-10(16)9-4-13-5-14-9/h1-5H,12H2,(H,13,14)(H,15,16). The lowest BCUT2D eigenvalue weighted by atomic mass is 10.2. The summed E-state index contributed by atoms with van der Waals surface area (Å²) in [5, 5.41) is 2.39. The number of carbonyl (C=O) groups is 1. The minimum atomic E-state index is -0.540. The molecular weight excluding hydrogens is 211 g/mol. The van der Waals surface area contributed by atoms with Crippen molar-refractivity contribution < 1.29 is 9.18 Å². The Bertz CT molecular complexity index is 510. The average molecular weight is 220 g/mol. The van der Waals surface area contributed by atoms with Crippen LogP contribution in [-0.4, -0.2) is 15.9 Å². The maximum Gasteiger partial charge on any atom is 0.273 e. The second-order valence-corrected chi connectivity index (χ2v) is 3.16. The first-order valence-corrected chi connectivity index (χ1v) is 4.51. The number of aromatic amines is 1. The summed E-state index contributed by atoms with van der Waals surface area (Å²) in [4.78, 5) is 17.9. The third kappa shape index (κ3) is 2.00. The van der Waals surface area contributed by atoms with Crippen LogP contribution in [0.2, 0.25) is 0 Å². The number of nitrogens with two attached hydrogens (primary N) is 1. The van der Waals surface area contributed by atoms with E-state index >= 15 is 0 Å². The zero-order valence-electron chi connectivity index (χ0n) is 8.20. The molecule has 0 saturated heterocycles. The van der Waals surface area contributed by atoms with Gasteiger partial charge in [0.05, 0.1) is 18.2 Å². The predicted octanol–water partition coefficient (Wildman–Crippen LogP) is 1.38. The largest absolute Gasteiger partial charge is 0.399 e. The van der Waals surface area contributed by atoms with E-state index < -0.39 is 11.7 Å². The summed E-state index contributed by atoms with van der Waals surface area (Å²) in [6, 6.07) is 3.96. The maximum absolute atomic E-state index is 13.3. The maximum atomic E-state index is 13.3. The molecule has 0 spiro atoms. The molecule has 0 saturated carbocycles. The normalized spacial score (nSPS) is 10.1. The molecule has 16 heavy (non-hydrogen) atoms. The summed E-state index contributed by atoms with van der Waals surface area (Å²) in [6.45, 7) is 0. The van der Waals surface area contributed by atoms with Gasteiger partial charge in [-0.25, -0.2) is 9.37 Å². The number of nitrogens with one attached hydrogen (secondary N) is 2. The van der Waals surface area contributed by atoms with Crippen molar-refractivity contribution in [3.63, 3.8) is 0 Å². The van der Waals surface area contributed by atoms with Crippen molar-refractivity contribution in [3.8, 4) is 0 Å². The van der Waals surface area contributed by atoms with Gasteiger partial charge in [-0.15, -0.1) is 0 Å². The molecule has 6 heteroatoms. The van der Waals surface area contributed by atoms with Crippen LogP contribution in [0.25, 0.3) is 0 Å². The summed E-state index contributed by atoms with van der Waals surface area (Å²) in [5.74, 6) is -1.01.